The molecule has 0 aromatic rings. The van der Waals surface area contributed by atoms with Gasteiger partial charge in [0, 0.05) is 6.61 Å². The summed E-state index contributed by atoms with van der Waals surface area (Å²) in [6, 6.07) is 0. The molecule has 0 bridgehead atoms. The van der Waals surface area contributed by atoms with Gasteiger partial charge in [-0.1, -0.05) is 25.3 Å². The summed E-state index contributed by atoms with van der Waals surface area (Å²) in [4.78, 5) is 9.86. The number of carbonyl (C=O) groups excluding carboxylic acids is 1. The Hall–Kier alpha value is -0.630. The van der Waals surface area contributed by atoms with Crippen LogP contribution in [0, 0.1) is 0 Å². The Morgan fingerprint density at radius 2 is 1.67 bits per heavy atom. The second-order valence-corrected chi connectivity index (χ2v) is 2.84. The van der Waals surface area contributed by atoms with Crippen molar-refractivity contribution in [2.75, 3.05) is 6.61 Å². The van der Waals surface area contributed by atoms with E-state index >= 15 is 0 Å². The third kappa shape index (κ3) is 9.37. The molecule has 1 N–H and O–H groups in total. The Morgan fingerprint density at radius 1 is 1.00 bits per heavy atom. The standard InChI is InChI=1S/C10H18O2/c11-9-7-5-3-1-2-4-6-8-10-12/h5,7,9,12H,1-4,6,8,10H2. The average Bonchev–Trinajstić information content (AvgIpc) is 2.10. The molecular weight excluding hydrogens is 152 g/mol. The zero-order chi connectivity index (χ0) is 9.07. The molecule has 0 atom stereocenters. The van der Waals surface area contributed by atoms with Gasteiger partial charge in [0.25, 0.3) is 0 Å². The summed E-state index contributed by atoms with van der Waals surface area (Å²) in [5.41, 5.74) is 0. The van der Waals surface area contributed by atoms with E-state index in [1.165, 1.54) is 12.8 Å². The van der Waals surface area contributed by atoms with Crippen molar-refractivity contribution in [2.24, 2.45) is 0 Å². The molecule has 12 heavy (non-hydrogen) atoms. The summed E-state index contributed by atoms with van der Waals surface area (Å²) >= 11 is 0. The molecule has 0 rings (SSSR count). The fourth-order valence-corrected chi connectivity index (χ4v) is 1.06. The quantitative estimate of drug-likeness (QED) is 0.344. The zero-order valence-electron chi connectivity index (χ0n) is 7.54. The van der Waals surface area contributed by atoms with E-state index in [0.29, 0.717) is 6.61 Å². The van der Waals surface area contributed by atoms with Crippen LogP contribution < -0.4 is 0 Å². The monoisotopic (exact) mass is 170 g/mol. The van der Waals surface area contributed by atoms with Crippen LogP contribution in [0.1, 0.15) is 38.5 Å². The van der Waals surface area contributed by atoms with Crippen LogP contribution >= 0.6 is 0 Å². The van der Waals surface area contributed by atoms with Gasteiger partial charge in [0.1, 0.15) is 6.29 Å². The second kappa shape index (κ2) is 10.4. The first-order valence-corrected chi connectivity index (χ1v) is 4.63. The molecule has 0 aliphatic heterocycles. The molecule has 0 aliphatic carbocycles. The SMILES string of the molecule is O=CC=CCCCCCCCO. The first-order valence-electron chi connectivity index (χ1n) is 4.63. The van der Waals surface area contributed by atoms with Crippen LogP contribution in [0.2, 0.25) is 0 Å². The number of aldehydes is 1. The van der Waals surface area contributed by atoms with Gasteiger partial charge < -0.3 is 5.11 Å². The van der Waals surface area contributed by atoms with Gasteiger partial charge in [0.15, 0.2) is 0 Å². The Balaban J connectivity index is 2.90. The summed E-state index contributed by atoms with van der Waals surface area (Å²) in [5.74, 6) is 0. The second-order valence-electron chi connectivity index (χ2n) is 2.84. The smallest absolute Gasteiger partial charge is 0.142 e. The largest absolute Gasteiger partial charge is 0.396 e. The van der Waals surface area contributed by atoms with Crippen molar-refractivity contribution in [1.82, 2.24) is 0 Å². The number of aliphatic hydroxyl groups excluding tert-OH is 1. The topological polar surface area (TPSA) is 37.3 Å². The van der Waals surface area contributed by atoms with E-state index in [1.807, 2.05) is 6.08 Å². The molecule has 2 heteroatoms. The summed E-state index contributed by atoms with van der Waals surface area (Å²) in [6.45, 7) is 0.311. The zero-order valence-corrected chi connectivity index (χ0v) is 7.54. The van der Waals surface area contributed by atoms with Gasteiger partial charge in [0.05, 0.1) is 0 Å². The van der Waals surface area contributed by atoms with Crippen LogP contribution in [0.4, 0.5) is 0 Å². The van der Waals surface area contributed by atoms with Crippen molar-refractivity contribution in [2.45, 2.75) is 38.5 Å². The molecule has 0 fully saturated rings. The molecule has 0 unspecified atom stereocenters. The van der Waals surface area contributed by atoms with Gasteiger partial charge in [-0.15, -0.1) is 0 Å². The molecule has 0 saturated heterocycles. The van der Waals surface area contributed by atoms with Gasteiger partial charge in [-0.3, -0.25) is 4.79 Å². The summed E-state index contributed by atoms with van der Waals surface area (Å²) < 4.78 is 0. The first kappa shape index (κ1) is 11.4. The van der Waals surface area contributed by atoms with Gasteiger partial charge in [-0.2, -0.15) is 0 Å². The Kier molecular flexibility index (Phi) is 9.83. The van der Waals surface area contributed by atoms with Crippen LogP contribution in [0.3, 0.4) is 0 Å². The maximum Gasteiger partial charge on any atom is 0.142 e. The third-order valence-electron chi connectivity index (χ3n) is 1.74. The molecule has 0 amide bonds. The number of hydrogen-bond acceptors (Lipinski definition) is 2. The molecule has 0 heterocycles. The lowest BCUT2D eigenvalue weighted by Crippen LogP contribution is -1.83. The molecule has 70 valence electrons. The van der Waals surface area contributed by atoms with Crippen molar-refractivity contribution >= 4 is 6.29 Å². The Morgan fingerprint density at radius 3 is 2.33 bits per heavy atom. The molecule has 0 radical (unpaired) electrons. The number of allylic oxidation sites excluding steroid dienone is 2. The fourth-order valence-electron chi connectivity index (χ4n) is 1.06. The average molecular weight is 170 g/mol. The van der Waals surface area contributed by atoms with Crippen LogP contribution in [0.5, 0.6) is 0 Å². The Labute approximate surface area is 74.3 Å². The van der Waals surface area contributed by atoms with E-state index in [0.717, 1.165) is 32.0 Å². The summed E-state index contributed by atoms with van der Waals surface area (Å²) in [7, 11) is 0. The van der Waals surface area contributed by atoms with E-state index in [9.17, 15) is 4.79 Å². The molecule has 0 spiro atoms. The van der Waals surface area contributed by atoms with Crippen LogP contribution in [-0.2, 0) is 4.79 Å². The third-order valence-corrected chi connectivity index (χ3v) is 1.74. The maximum atomic E-state index is 9.86. The number of carbonyl (C=O) groups is 1. The van der Waals surface area contributed by atoms with Crippen LogP contribution in [0.15, 0.2) is 12.2 Å². The lowest BCUT2D eigenvalue weighted by atomic mass is 10.1. The first-order chi connectivity index (χ1) is 5.91. The highest BCUT2D eigenvalue weighted by Gasteiger charge is 1.87. The fraction of sp³-hybridized carbons (Fsp3) is 0.700. The van der Waals surface area contributed by atoms with Gasteiger partial charge >= 0.3 is 0 Å². The summed E-state index contributed by atoms with van der Waals surface area (Å²) in [5, 5.41) is 8.49. The van der Waals surface area contributed by atoms with Gasteiger partial charge in [-0.25, -0.2) is 0 Å². The lowest BCUT2D eigenvalue weighted by Gasteiger charge is -1.96. The van der Waals surface area contributed by atoms with E-state index in [4.69, 9.17) is 5.11 Å². The molecular formula is C10H18O2. The van der Waals surface area contributed by atoms with Crippen molar-refractivity contribution in [3.05, 3.63) is 12.2 Å². The van der Waals surface area contributed by atoms with E-state index in [2.05, 4.69) is 0 Å². The predicted octanol–water partition coefficient (Wildman–Crippen LogP) is 2.07. The van der Waals surface area contributed by atoms with E-state index in [-0.39, 0.29) is 0 Å². The van der Waals surface area contributed by atoms with Crippen molar-refractivity contribution in [3.63, 3.8) is 0 Å². The minimum absolute atomic E-state index is 0.311. The number of hydrogen-bond donors (Lipinski definition) is 1. The summed E-state index contributed by atoms with van der Waals surface area (Å²) in [6.07, 6.45) is 10.8. The highest BCUT2D eigenvalue weighted by atomic mass is 16.2. The number of rotatable bonds is 8. The van der Waals surface area contributed by atoms with E-state index < -0.39 is 0 Å². The maximum absolute atomic E-state index is 9.86. The molecule has 0 saturated carbocycles. The van der Waals surface area contributed by atoms with Crippen LogP contribution in [0.25, 0.3) is 0 Å². The molecule has 2 nitrogen and oxygen atoms in total. The minimum Gasteiger partial charge on any atom is -0.396 e. The highest BCUT2D eigenvalue weighted by Crippen LogP contribution is 2.04. The van der Waals surface area contributed by atoms with Gasteiger partial charge in [-0.05, 0) is 25.3 Å². The predicted molar refractivity (Wildman–Crippen MR) is 50.0 cm³/mol. The lowest BCUT2D eigenvalue weighted by molar-refractivity contribution is -0.104. The molecule has 0 aromatic carbocycles. The van der Waals surface area contributed by atoms with Gasteiger partial charge in [0.2, 0.25) is 0 Å². The van der Waals surface area contributed by atoms with Crippen molar-refractivity contribution < 1.29 is 9.90 Å². The molecule has 0 aromatic heterocycles. The van der Waals surface area contributed by atoms with Crippen LogP contribution in [-0.4, -0.2) is 18.0 Å². The molecule has 0 aliphatic rings. The number of unbranched alkanes of at least 4 members (excludes halogenated alkanes) is 5. The minimum atomic E-state index is 0.311. The van der Waals surface area contributed by atoms with E-state index in [1.54, 1.807) is 6.08 Å². The Bertz CT molecular complexity index is 119. The normalized spacial score (nSPS) is 10.8. The van der Waals surface area contributed by atoms with Crippen molar-refractivity contribution in [1.29, 1.82) is 0 Å². The number of aliphatic hydroxyl groups is 1. The highest BCUT2D eigenvalue weighted by molar-refractivity contribution is 5.64. The van der Waals surface area contributed by atoms with Crippen molar-refractivity contribution in [3.8, 4) is 0 Å².